The van der Waals surface area contributed by atoms with Crippen LogP contribution in [0.4, 0.5) is 4.39 Å². The summed E-state index contributed by atoms with van der Waals surface area (Å²) in [5.41, 5.74) is 1.49. The summed E-state index contributed by atoms with van der Waals surface area (Å²) in [6.45, 7) is 2.13. The molecule has 0 amide bonds. The van der Waals surface area contributed by atoms with Crippen molar-refractivity contribution in [2.24, 2.45) is 0 Å². The van der Waals surface area contributed by atoms with E-state index in [0.717, 1.165) is 15.8 Å². The monoisotopic (exact) mass is 328 g/mol. The molecule has 0 saturated heterocycles. The second-order valence-corrected chi connectivity index (χ2v) is 5.29. The van der Waals surface area contributed by atoms with E-state index in [2.05, 4.69) is 15.9 Å². The standard InChI is InChI=1S/C14H11BrClFO/c1-9-6-11(15)3-5-14(9)18-8-10-2-4-12(16)7-13(10)17/h2-7H,8H2,1H3. The van der Waals surface area contributed by atoms with Crippen LogP contribution in [0.1, 0.15) is 11.1 Å². The summed E-state index contributed by atoms with van der Waals surface area (Å²) in [6, 6.07) is 10.3. The first-order valence-corrected chi connectivity index (χ1v) is 6.56. The van der Waals surface area contributed by atoms with Crippen LogP contribution >= 0.6 is 27.5 Å². The molecule has 0 aliphatic carbocycles. The van der Waals surface area contributed by atoms with Crippen LogP contribution in [0.2, 0.25) is 5.02 Å². The number of aryl methyl sites for hydroxylation is 1. The van der Waals surface area contributed by atoms with Gasteiger partial charge >= 0.3 is 0 Å². The molecule has 0 radical (unpaired) electrons. The van der Waals surface area contributed by atoms with Crippen molar-refractivity contribution in [2.45, 2.75) is 13.5 Å². The van der Waals surface area contributed by atoms with E-state index in [0.29, 0.717) is 10.6 Å². The van der Waals surface area contributed by atoms with E-state index in [9.17, 15) is 4.39 Å². The zero-order valence-corrected chi connectivity index (χ0v) is 12.1. The summed E-state index contributed by atoms with van der Waals surface area (Å²) in [7, 11) is 0. The fraction of sp³-hybridized carbons (Fsp3) is 0.143. The largest absolute Gasteiger partial charge is 0.489 e. The highest BCUT2D eigenvalue weighted by Gasteiger charge is 2.05. The number of benzene rings is 2. The van der Waals surface area contributed by atoms with Crippen molar-refractivity contribution in [2.75, 3.05) is 0 Å². The van der Waals surface area contributed by atoms with E-state index in [4.69, 9.17) is 16.3 Å². The molecule has 0 fully saturated rings. The van der Waals surface area contributed by atoms with Crippen LogP contribution in [-0.2, 0) is 6.61 Å². The Hall–Kier alpha value is -1.06. The van der Waals surface area contributed by atoms with Gasteiger partial charge in [0.05, 0.1) is 0 Å². The molecular formula is C14H11BrClFO. The zero-order valence-electron chi connectivity index (χ0n) is 9.71. The fourth-order valence-electron chi connectivity index (χ4n) is 1.57. The molecule has 0 aliphatic rings. The maximum atomic E-state index is 13.5. The average Bonchev–Trinajstić information content (AvgIpc) is 2.30. The average molecular weight is 330 g/mol. The number of hydrogen-bond donors (Lipinski definition) is 0. The van der Waals surface area contributed by atoms with Gasteiger partial charge in [0, 0.05) is 15.1 Å². The lowest BCUT2D eigenvalue weighted by Gasteiger charge is -2.10. The third-order valence-electron chi connectivity index (χ3n) is 2.54. The predicted octanol–water partition coefficient (Wildman–Crippen LogP) is 5.13. The predicted molar refractivity (Wildman–Crippen MR) is 74.6 cm³/mol. The molecule has 0 bridgehead atoms. The molecule has 0 spiro atoms. The molecule has 0 unspecified atom stereocenters. The second kappa shape index (κ2) is 5.72. The molecule has 0 aromatic heterocycles. The Morgan fingerprint density at radius 3 is 2.67 bits per heavy atom. The molecule has 0 N–H and O–H groups in total. The SMILES string of the molecule is Cc1cc(Br)ccc1OCc1ccc(Cl)cc1F. The quantitative estimate of drug-likeness (QED) is 0.758. The molecule has 0 heterocycles. The molecule has 0 aliphatic heterocycles. The van der Waals surface area contributed by atoms with E-state index in [1.165, 1.54) is 6.07 Å². The summed E-state index contributed by atoms with van der Waals surface area (Å²) in [5, 5.41) is 0.385. The minimum Gasteiger partial charge on any atom is -0.489 e. The Balaban J connectivity index is 2.11. The molecule has 94 valence electrons. The van der Waals surface area contributed by atoms with Crippen molar-refractivity contribution in [1.82, 2.24) is 0 Å². The maximum Gasteiger partial charge on any atom is 0.131 e. The van der Waals surface area contributed by atoms with Crippen LogP contribution in [0.25, 0.3) is 0 Å². The minimum absolute atomic E-state index is 0.186. The van der Waals surface area contributed by atoms with Crippen LogP contribution in [0.5, 0.6) is 5.75 Å². The maximum absolute atomic E-state index is 13.5. The van der Waals surface area contributed by atoms with Crippen molar-refractivity contribution < 1.29 is 9.13 Å². The first-order chi connectivity index (χ1) is 8.56. The number of rotatable bonds is 3. The van der Waals surface area contributed by atoms with Crippen molar-refractivity contribution in [3.05, 3.63) is 62.8 Å². The smallest absolute Gasteiger partial charge is 0.131 e. The Kier molecular flexibility index (Phi) is 4.25. The number of hydrogen-bond acceptors (Lipinski definition) is 1. The van der Waals surface area contributed by atoms with Gasteiger partial charge in [-0.3, -0.25) is 0 Å². The molecule has 0 atom stereocenters. The van der Waals surface area contributed by atoms with Gasteiger partial charge in [-0.1, -0.05) is 33.6 Å². The number of halogens is 3. The summed E-state index contributed by atoms with van der Waals surface area (Å²) in [5.74, 6) is 0.393. The van der Waals surface area contributed by atoms with Gasteiger partial charge in [-0.2, -0.15) is 0 Å². The van der Waals surface area contributed by atoms with Gasteiger partial charge in [0.2, 0.25) is 0 Å². The number of ether oxygens (including phenoxy) is 1. The molecule has 18 heavy (non-hydrogen) atoms. The van der Waals surface area contributed by atoms with E-state index in [-0.39, 0.29) is 12.4 Å². The molecule has 1 nitrogen and oxygen atoms in total. The summed E-state index contributed by atoms with van der Waals surface area (Å²) in [6.07, 6.45) is 0. The highest BCUT2D eigenvalue weighted by molar-refractivity contribution is 9.10. The van der Waals surface area contributed by atoms with Gasteiger partial charge in [0.1, 0.15) is 18.2 Å². The van der Waals surface area contributed by atoms with Gasteiger partial charge in [-0.25, -0.2) is 4.39 Å². The highest BCUT2D eigenvalue weighted by Crippen LogP contribution is 2.24. The third kappa shape index (κ3) is 3.24. The van der Waals surface area contributed by atoms with Crippen molar-refractivity contribution in [3.63, 3.8) is 0 Å². The van der Waals surface area contributed by atoms with E-state index in [1.54, 1.807) is 12.1 Å². The summed E-state index contributed by atoms with van der Waals surface area (Å²) >= 11 is 9.07. The molecule has 4 heteroatoms. The molecular weight excluding hydrogens is 319 g/mol. The first-order valence-electron chi connectivity index (χ1n) is 5.39. The lowest BCUT2D eigenvalue weighted by Crippen LogP contribution is -1.99. The van der Waals surface area contributed by atoms with Crippen LogP contribution in [0.15, 0.2) is 40.9 Å². The van der Waals surface area contributed by atoms with Crippen LogP contribution in [-0.4, -0.2) is 0 Å². The van der Waals surface area contributed by atoms with Crippen LogP contribution < -0.4 is 4.74 Å². The Labute approximate surface area is 119 Å². The Bertz CT molecular complexity index is 520. The normalized spacial score (nSPS) is 10.4. The van der Waals surface area contributed by atoms with Gasteiger partial charge < -0.3 is 4.74 Å². The van der Waals surface area contributed by atoms with E-state index in [1.807, 2.05) is 25.1 Å². The van der Waals surface area contributed by atoms with Gasteiger partial charge in [-0.15, -0.1) is 0 Å². The van der Waals surface area contributed by atoms with Crippen molar-refractivity contribution >= 4 is 27.5 Å². The van der Waals surface area contributed by atoms with Gasteiger partial charge in [-0.05, 0) is 42.8 Å². The Morgan fingerprint density at radius 2 is 2.00 bits per heavy atom. The summed E-state index contributed by atoms with van der Waals surface area (Å²) < 4.78 is 20.1. The lowest BCUT2D eigenvalue weighted by molar-refractivity contribution is 0.298. The topological polar surface area (TPSA) is 9.23 Å². The van der Waals surface area contributed by atoms with E-state index >= 15 is 0 Å². The molecule has 2 aromatic rings. The first kappa shape index (κ1) is 13.4. The van der Waals surface area contributed by atoms with Gasteiger partial charge in [0.15, 0.2) is 0 Å². The van der Waals surface area contributed by atoms with Crippen LogP contribution in [0.3, 0.4) is 0 Å². The fourth-order valence-corrected chi connectivity index (χ4v) is 2.20. The second-order valence-electron chi connectivity index (χ2n) is 3.93. The highest BCUT2D eigenvalue weighted by atomic mass is 79.9. The van der Waals surface area contributed by atoms with E-state index < -0.39 is 0 Å². The zero-order chi connectivity index (χ0) is 13.1. The molecule has 2 rings (SSSR count). The summed E-state index contributed by atoms with van der Waals surface area (Å²) in [4.78, 5) is 0. The van der Waals surface area contributed by atoms with Crippen molar-refractivity contribution in [1.29, 1.82) is 0 Å². The Morgan fingerprint density at radius 1 is 1.22 bits per heavy atom. The van der Waals surface area contributed by atoms with Crippen molar-refractivity contribution in [3.8, 4) is 5.75 Å². The minimum atomic E-state index is -0.350. The third-order valence-corrected chi connectivity index (χ3v) is 3.26. The lowest BCUT2D eigenvalue weighted by atomic mass is 10.2. The van der Waals surface area contributed by atoms with Gasteiger partial charge in [0.25, 0.3) is 0 Å². The van der Waals surface area contributed by atoms with Crippen LogP contribution in [0, 0.1) is 12.7 Å². The molecule has 2 aromatic carbocycles. The molecule has 0 saturated carbocycles.